The molecule has 0 saturated heterocycles. The minimum absolute atomic E-state index is 0.198. The smallest absolute Gasteiger partial charge is 0.418 e. The van der Waals surface area contributed by atoms with E-state index in [4.69, 9.17) is 10.00 Å². The molecule has 2 amide bonds. The van der Waals surface area contributed by atoms with Crippen molar-refractivity contribution in [2.24, 2.45) is 0 Å². The molecule has 0 spiro atoms. The molecular formula is C24H17F4N3O3. The van der Waals surface area contributed by atoms with Crippen molar-refractivity contribution in [1.29, 1.82) is 5.26 Å². The highest BCUT2D eigenvalue weighted by Gasteiger charge is 2.35. The van der Waals surface area contributed by atoms with Gasteiger partial charge in [-0.2, -0.15) is 18.4 Å². The summed E-state index contributed by atoms with van der Waals surface area (Å²) in [7, 11) is 0. The van der Waals surface area contributed by atoms with Crippen LogP contribution in [0.3, 0.4) is 0 Å². The summed E-state index contributed by atoms with van der Waals surface area (Å²) in [5.74, 6) is -2.42. The Labute approximate surface area is 191 Å². The van der Waals surface area contributed by atoms with E-state index in [0.29, 0.717) is 6.07 Å². The highest BCUT2D eigenvalue weighted by Crippen LogP contribution is 2.37. The third kappa shape index (κ3) is 5.89. The van der Waals surface area contributed by atoms with Crippen LogP contribution in [0.1, 0.15) is 28.4 Å². The number of halogens is 4. The number of nitriles is 1. The second-order valence-electron chi connectivity index (χ2n) is 7.08. The fraction of sp³-hybridized carbons (Fsp3) is 0.125. The molecule has 0 aromatic heterocycles. The fourth-order valence-electron chi connectivity index (χ4n) is 2.94. The summed E-state index contributed by atoms with van der Waals surface area (Å²) < 4.78 is 60.1. The van der Waals surface area contributed by atoms with Crippen LogP contribution in [0.5, 0.6) is 5.75 Å². The molecule has 1 unspecified atom stereocenters. The number of nitrogens with zero attached hydrogens (tertiary/aromatic N) is 1. The molecule has 2 N–H and O–H groups in total. The van der Waals surface area contributed by atoms with Gasteiger partial charge in [0.1, 0.15) is 11.6 Å². The van der Waals surface area contributed by atoms with E-state index < -0.39 is 41.2 Å². The van der Waals surface area contributed by atoms with Crippen LogP contribution in [-0.2, 0) is 11.0 Å². The van der Waals surface area contributed by atoms with Gasteiger partial charge in [0.25, 0.3) is 11.8 Å². The number of ether oxygens (including phenoxy) is 1. The molecule has 3 rings (SSSR count). The second kappa shape index (κ2) is 10.0. The number of anilines is 2. The highest BCUT2D eigenvalue weighted by atomic mass is 19.4. The van der Waals surface area contributed by atoms with Crippen molar-refractivity contribution in [2.75, 3.05) is 10.6 Å². The third-order valence-electron chi connectivity index (χ3n) is 4.60. The van der Waals surface area contributed by atoms with Crippen molar-refractivity contribution in [3.05, 3.63) is 89.2 Å². The molecule has 3 aromatic rings. The first-order valence-corrected chi connectivity index (χ1v) is 9.83. The second-order valence-corrected chi connectivity index (χ2v) is 7.08. The van der Waals surface area contributed by atoms with Crippen LogP contribution in [-0.4, -0.2) is 17.9 Å². The Morgan fingerprint density at radius 2 is 1.74 bits per heavy atom. The van der Waals surface area contributed by atoms with Gasteiger partial charge in [-0.05, 0) is 55.5 Å². The van der Waals surface area contributed by atoms with E-state index in [0.717, 1.165) is 18.2 Å². The van der Waals surface area contributed by atoms with E-state index in [1.54, 1.807) is 0 Å². The summed E-state index contributed by atoms with van der Waals surface area (Å²) in [6.45, 7) is 1.34. The molecule has 6 nitrogen and oxygen atoms in total. The van der Waals surface area contributed by atoms with Crippen molar-refractivity contribution in [3.8, 4) is 11.8 Å². The van der Waals surface area contributed by atoms with Gasteiger partial charge in [-0.15, -0.1) is 0 Å². The van der Waals surface area contributed by atoms with E-state index in [-0.39, 0.29) is 22.6 Å². The van der Waals surface area contributed by atoms with E-state index in [1.807, 2.05) is 6.07 Å². The molecule has 10 heteroatoms. The quantitative estimate of drug-likeness (QED) is 0.473. The Morgan fingerprint density at radius 3 is 2.41 bits per heavy atom. The average molecular weight is 471 g/mol. The predicted molar refractivity (Wildman–Crippen MR) is 116 cm³/mol. The summed E-state index contributed by atoms with van der Waals surface area (Å²) in [5.41, 5.74) is -2.05. The molecule has 0 heterocycles. The standard InChI is InChI=1S/C24H17F4N3O3/c1-14(34-17-6-4-5-15(11-17)13-29)22(32)31-21-10-9-16(12-19(21)24(26,27)28)30-23(33)18-7-2-3-8-20(18)25/h2-12,14H,1H3,(H,30,33)(H,31,32). The molecule has 0 aliphatic carbocycles. The Hall–Kier alpha value is -4.39. The van der Waals surface area contributed by atoms with Crippen LogP contribution < -0.4 is 15.4 Å². The lowest BCUT2D eigenvalue weighted by Gasteiger charge is -2.18. The summed E-state index contributed by atoms with van der Waals surface area (Å²) >= 11 is 0. The number of hydrogen-bond donors (Lipinski definition) is 2. The maximum Gasteiger partial charge on any atom is 0.418 e. The van der Waals surface area contributed by atoms with E-state index in [1.165, 1.54) is 49.4 Å². The number of rotatable bonds is 6. The number of benzene rings is 3. The number of hydrogen-bond acceptors (Lipinski definition) is 4. The van der Waals surface area contributed by atoms with Crippen LogP contribution in [0, 0.1) is 17.1 Å². The van der Waals surface area contributed by atoms with Crippen molar-refractivity contribution in [1.82, 2.24) is 0 Å². The molecule has 34 heavy (non-hydrogen) atoms. The first kappa shape index (κ1) is 24.3. The minimum atomic E-state index is -4.87. The van der Waals surface area contributed by atoms with Gasteiger partial charge in [-0.1, -0.05) is 18.2 Å². The van der Waals surface area contributed by atoms with Crippen LogP contribution in [0.15, 0.2) is 66.7 Å². The Bertz CT molecular complexity index is 1270. The van der Waals surface area contributed by atoms with Gasteiger partial charge in [-0.25, -0.2) is 4.39 Å². The zero-order valence-corrected chi connectivity index (χ0v) is 17.6. The van der Waals surface area contributed by atoms with E-state index in [9.17, 15) is 27.2 Å². The van der Waals surface area contributed by atoms with Gasteiger partial charge >= 0.3 is 6.18 Å². The lowest BCUT2D eigenvalue weighted by atomic mass is 10.1. The largest absolute Gasteiger partial charge is 0.481 e. The Balaban J connectivity index is 1.78. The Kier molecular flexibility index (Phi) is 7.16. The molecule has 0 bridgehead atoms. The average Bonchev–Trinajstić information content (AvgIpc) is 2.79. The monoisotopic (exact) mass is 471 g/mol. The first-order valence-electron chi connectivity index (χ1n) is 9.83. The van der Waals surface area contributed by atoms with Gasteiger partial charge < -0.3 is 15.4 Å². The Morgan fingerprint density at radius 1 is 1.00 bits per heavy atom. The molecule has 0 aliphatic rings. The molecule has 3 aromatic carbocycles. The molecule has 0 saturated carbocycles. The minimum Gasteiger partial charge on any atom is -0.481 e. The lowest BCUT2D eigenvalue weighted by molar-refractivity contribution is -0.137. The highest BCUT2D eigenvalue weighted by molar-refractivity contribution is 6.04. The van der Waals surface area contributed by atoms with E-state index in [2.05, 4.69) is 10.6 Å². The van der Waals surface area contributed by atoms with Crippen molar-refractivity contribution < 1.29 is 31.9 Å². The maximum atomic E-state index is 13.8. The maximum absolute atomic E-state index is 13.8. The number of carbonyl (C=O) groups excluding carboxylic acids is 2. The van der Waals surface area contributed by atoms with Crippen LogP contribution >= 0.6 is 0 Å². The summed E-state index contributed by atoms with van der Waals surface area (Å²) in [4.78, 5) is 24.7. The number of alkyl halides is 3. The number of nitrogens with one attached hydrogen (secondary N) is 2. The number of amides is 2. The van der Waals surface area contributed by atoms with Crippen LogP contribution in [0.2, 0.25) is 0 Å². The number of carbonyl (C=O) groups is 2. The van der Waals surface area contributed by atoms with E-state index >= 15 is 0 Å². The predicted octanol–water partition coefficient (Wildman–Crippen LogP) is 5.37. The topological polar surface area (TPSA) is 91.2 Å². The van der Waals surface area contributed by atoms with Gasteiger partial charge in [0.15, 0.2) is 6.10 Å². The zero-order valence-electron chi connectivity index (χ0n) is 17.6. The summed E-state index contributed by atoms with van der Waals surface area (Å²) in [6, 6.07) is 15.6. The molecular weight excluding hydrogens is 454 g/mol. The van der Waals surface area contributed by atoms with Crippen molar-refractivity contribution >= 4 is 23.2 Å². The normalized spacial score (nSPS) is 11.8. The van der Waals surface area contributed by atoms with Crippen LogP contribution in [0.4, 0.5) is 28.9 Å². The molecule has 0 aliphatic heterocycles. The summed E-state index contributed by atoms with van der Waals surface area (Å²) in [6.07, 6.45) is -6.05. The van der Waals surface area contributed by atoms with Gasteiger partial charge in [0, 0.05) is 5.69 Å². The van der Waals surface area contributed by atoms with Crippen molar-refractivity contribution in [2.45, 2.75) is 19.2 Å². The molecule has 174 valence electrons. The third-order valence-corrected chi connectivity index (χ3v) is 4.60. The van der Waals surface area contributed by atoms with Crippen molar-refractivity contribution in [3.63, 3.8) is 0 Å². The zero-order chi connectivity index (χ0) is 24.9. The molecule has 0 fully saturated rings. The lowest BCUT2D eigenvalue weighted by Crippen LogP contribution is -2.31. The van der Waals surface area contributed by atoms with Gasteiger partial charge in [0.05, 0.1) is 28.4 Å². The molecule has 0 radical (unpaired) electrons. The molecule has 1 atom stereocenters. The van der Waals surface area contributed by atoms with Gasteiger partial charge in [0.2, 0.25) is 0 Å². The first-order chi connectivity index (χ1) is 16.1. The van der Waals surface area contributed by atoms with Gasteiger partial charge in [-0.3, -0.25) is 9.59 Å². The van der Waals surface area contributed by atoms with Crippen LogP contribution in [0.25, 0.3) is 0 Å². The fourth-order valence-corrected chi connectivity index (χ4v) is 2.94. The SMILES string of the molecule is CC(Oc1cccc(C#N)c1)C(=O)Nc1ccc(NC(=O)c2ccccc2F)cc1C(F)(F)F. The summed E-state index contributed by atoms with van der Waals surface area (Å²) in [5, 5.41) is 13.3.